The molecule has 166 valence electrons. The van der Waals surface area contributed by atoms with Crippen molar-refractivity contribution in [2.24, 2.45) is 28.6 Å². The minimum Gasteiger partial charge on any atom is -0.481 e. The Bertz CT molecular complexity index is 790. The molecule has 30 heavy (non-hydrogen) atoms. The number of thioether (sulfide) groups is 1. The Morgan fingerprint density at radius 1 is 1.17 bits per heavy atom. The molecule has 0 bridgehead atoms. The first-order valence-corrected chi connectivity index (χ1v) is 12.5. The summed E-state index contributed by atoms with van der Waals surface area (Å²) in [7, 11) is 0. The van der Waals surface area contributed by atoms with Gasteiger partial charge in [0.25, 0.3) is 0 Å². The molecule has 4 aliphatic rings. The van der Waals surface area contributed by atoms with Crippen molar-refractivity contribution >= 4 is 29.3 Å². The molecule has 2 N–H and O–H groups in total. The third-order valence-electron chi connectivity index (χ3n) is 8.95. The molecule has 0 saturated heterocycles. The lowest BCUT2D eigenvalue weighted by Crippen LogP contribution is -2.49. The number of carbonyl (C=O) groups excluding carboxylic acids is 2. The van der Waals surface area contributed by atoms with Crippen molar-refractivity contribution in [2.45, 2.75) is 77.2 Å². The lowest BCUT2D eigenvalue weighted by atomic mass is 9.47. The minimum absolute atomic E-state index is 0.0145. The summed E-state index contributed by atoms with van der Waals surface area (Å²) < 4.78 is 0. The summed E-state index contributed by atoms with van der Waals surface area (Å²) in [6.07, 6.45) is 8.75. The normalized spacial score (nSPS) is 42.7. The number of allylic oxidation sites excluding steroid dienone is 1. The highest BCUT2D eigenvalue weighted by molar-refractivity contribution is 7.99. The van der Waals surface area contributed by atoms with Gasteiger partial charge in [0.2, 0.25) is 0 Å². The summed E-state index contributed by atoms with van der Waals surface area (Å²) in [6, 6.07) is 0. The van der Waals surface area contributed by atoms with Crippen LogP contribution in [0.5, 0.6) is 0 Å². The Hall–Kier alpha value is -1.14. The second kappa shape index (κ2) is 7.77. The van der Waals surface area contributed by atoms with Crippen LogP contribution in [0.2, 0.25) is 0 Å². The number of aliphatic carboxylic acids is 1. The van der Waals surface area contributed by atoms with Crippen molar-refractivity contribution in [3.63, 3.8) is 0 Å². The van der Waals surface area contributed by atoms with Crippen LogP contribution in [0.15, 0.2) is 11.6 Å². The van der Waals surface area contributed by atoms with Gasteiger partial charge in [0.15, 0.2) is 11.6 Å². The van der Waals surface area contributed by atoms with Gasteiger partial charge in [-0.3, -0.25) is 14.4 Å². The Morgan fingerprint density at radius 3 is 2.67 bits per heavy atom. The molecule has 3 fully saturated rings. The molecule has 0 aliphatic heterocycles. The molecule has 0 spiro atoms. The zero-order valence-electron chi connectivity index (χ0n) is 18.1. The first-order chi connectivity index (χ1) is 14.1. The molecule has 6 unspecified atom stereocenters. The summed E-state index contributed by atoms with van der Waals surface area (Å²) in [5.74, 6) is 1.24. The summed E-state index contributed by atoms with van der Waals surface area (Å²) >= 11 is 1.31. The molecular weight excluding hydrogens is 400 g/mol. The maximum atomic E-state index is 12.9. The number of hydrogen-bond donors (Lipinski definition) is 2. The molecule has 3 saturated carbocycles. The van der Waals surface area contributed by atoms with Crippen molar-refractivity contribution in [2.75, 3.05) is 11.5 Å². The summed E-state index contributed by atoms with van der Waals surface area (Å²) in [6.45, 7) is 4.60. The van der Waals surface area contributed by atoms with Gasteiger partial charge < -0.3 is 10.2 Å². The molecule has 0 aromatic rings. The fraction of sp³-hybridized carbons (Fsp3) is 0.792. The molecule has 0 aromatic carbocycles. The molecule has 0 aromatic heterocycles. The molecule has 0 radical (unpaired) electrons. The van der Waals surface area contributed by atoms with Gasteiger partial charge in [0.05, 0.1) is 12.2 Å². The van der Waals surface area contributed by atoms with E-state index in [4.69, 9.17) is 5.11 Å². The number of Topliss-reactive ketones (excluding diaryl/α,β-unsaturated/α-hetero) is 1. The average molecular weight is 435 g/mol. The lowest BCUT2D eigenvalue weighted by molar-refractivity contribution is -0.136. The molecule has 4 rings (SSSR count). The molecule has 6 atom stereocenters. The maximum absolute atomic E-state index is 12.9. The van der Waals surface area contributed by atoms with Crippen LogP contribution < -0.4 is 0 Å². The van der Waals surface area contributed by atoms with E-state index in [-0.39, 0.29) is 34.6 Å². The zero-order valence-corrected chi connectivity index (χ0v) is 18.9. The Morgan fingerprint density at radius 2 is 1.93 bits per heavy atom. The largest absolute Gasteiger partial charge is 0.481 e. The Labute approximate surface area is 183 Å². The second-order valence-corrected chi connectivity index (χ2v) is 11.8. The smallest absolute Gasteiger partial charge is 0.304 e. The van der Waals surface area contributed by atoms with Crippen molar-refractivity contribution in [1.82, 2.24) is 0 Å². The fourth-order valence-corrected chi connectivity index (χ4v) is 8.26. The molecule has 5 nitrogen and oxygen atoms in total. The van der Waals surface area contributed by atoms with Gasteiger partial charge in [0.1, 0.15) is 5.60 Å². The predicted octanol–water partition coefficient (Wildman–Crippen LogP) is 4.03. The van der Waals surface area contributed by atoms with Gasteiger partial charge in [0, 0.05) is 12.2 Å². The molecule has 6 heteroatoms. The van der Waals surface area contributed by atoms with E-state index in [2.05, 4.69) is 13.8 Å². The fourth-order valence-electron chi connectivity index (χ4n) is 7.35. The van der Waals surface area contributed by atoms with E-state index in [1.54, 1.807) is 0 Å². The number of carbonyl (C=O) groups is 3. The third kappa shape index (κ3) is 3.68. The highest BCUT2D eigenvalue weighted by Crippen LogP contribution is 2.66. The SMILES string of the molecule is CC12CCC3C(CCC4=CC(=O)CCC43C)C1CC(O)(C(=O)CSCCC(=O)O)C2. The minimum atomic E-state index is -1.27. The summed E-state index contributed by atoms with van der Waals surface area (Å²) in [5.41, 5.74) is 0.140. The van der Waals surface area contributed by atoms with E-state index in [1.165, 1.54) is 17.3 Å². The lowest BCUT2D eigenvalue weighted by Gasteiger charge is -2.57. The van der Waals surface area contributed by atoms with Gasteiger partial charge in [-0.25, -0.2) is 0 Å². The van der Waals surface area contributed by atoms with E-state index in [0.29, 0.717) is 42.8 Å². The van der Waals surface area contributed by atoms with Crippen molar-refractivity contribution < 1.29 is 24.6 Å². The van der Waals surface area contributed by atoms with Crippen molar-refractivity contribution in [3.05, 3.63) is 11.6 Å². The third-order valence-corrected chi connectivity index (χ3v) is 9.91. The predicted molar refractivity (Wildman–Crippen MR) is 116 cm³/mol. The number of fused-ring (bicyclic) bond motifs is 5. The van der Waals surface area contributed by atoms with Crippen LogP contribution >= 0.6 is 11.8 Å². The standard InChI is InChI=1S/C24H34O5S/c1-22-8-6-18-17(4-3-15-11-16(25)5-9-23(15,18)2)19(22)12-24(29,14-22)20(26)13-30-10-7-21(27)28/h11,17-19,29H,3-10,12-14H2,1-2H3,(H,27,28). The van der Waals surface area contributed by atoms with Crippen LogP contribution in [0.3, 0.4) is 0 Å². The van der Waals surface area contributed by atoms with Gasteiger partial charge in [-0.2, -0.15) is 11.8 Å². The van der Waals surface area contributed by atoms with Crippen molar-refractivity contribution in [3.8, 4) is 0 Å². The summed E-state index contributed by atoms with van der Waals surface area (Å²) in [4.78, 5) is 35.6. The van der Waals surface area contributed by atoms with E-state index < -0.39 is 11.6 Å². The highest BCUT2D eigenvalue weighted by atomic mass is 32.2. The van der Waals surface area contributed by atoms with E-state index in [0.717, 1.165) is 32.1 Å². The highest BCUT2D eigenvalue weighted by Gasteiger charge is 2.62. The molecule has 0 heterocycles. The van der Waals surface area contributed by atoms with E-state index in [1.807, 2.05) is 6.08 Å². The topological polar surface area (TPSA) is 91.7 Å². The zero-order chi connectivity index (χ0) is 21.7. The first-order valence-electron chi connectivity index (χ1n) is 11.4. The Kier molecular flexibility index (Phi) is 5.72. The number of rotatable bonds is 6. The Balaban J connectivity index is 1.49. The second-order valence-electron chi connectivity index (χ2n) is 10.7. The van der Waals surface area contributed by atoms with Gasteiger partial charge >= 0.3 is 5.97 Å². The van der Waals surface area contributed by atoms with Crippen molar-refractivity contribution in [1.29, 1.82) is 0 Å². The van der Waals surface area contributed by atoms with E-state index in [9.17, 15) is 19.5 Å². The maximum Gasteiger partial charge on any atom is 0.304 e. The first kappa shape index (κ1) is 22.1. The van der Waals surface area contributed by atoms with Gasteiger partial charge in [-0.1, -0.05) is 19.4 Å². The van der Waals surface area contributed by atoms with Crippen LogP contribution in [0, 0.1) is 28.6 Å². The summed E-state index contributed by atoms with van der Waals surface area (Å²) in [5, 5.41) is 20.1. The molecule has 4 aliphatic carbocycles. The number of aliphatic hydroxyl groups is 1. The number of hydrogen-bond acceptors (Lipinski definition) is 5. The quantitative estimate of drug-likeness (QED) is 0.614. The number of carboxylic acid groups (broad SMARTS) is 1. The number of carboxylic acids is 1. The average Bonchev–Trinajstić information content (AvgIpc) is 2.97. The monoisotopic (exact) mass is 434 g/mol. The number of ketones is 2. The van der Waals surface area contributed by atoms with Gasteiger partial charge in [-0.15, -0.1) is 0 Å². The van der Waals surface area contributed by atoms with Gasteiger partial charge in [-0.05, 0) is 79.6 Å². The van der Waals surface area contributed by atoms with Crippen LogP contribution in [0.4, 0.5) is 0 Å². The molecular formula is C24H34O5S. The van der Waals surface area contributed by atoms with Crippen LogP contribution in [-0.2, 0) is 14.4 Å². The molecule has 0 amide bonds. The van der Waals surface area contributed by atoms with Crippen LogP contribution in [-0.4, -0.2) is 44.9 Å². The van der Waals surface area contributed by atoms with Crippen LogP contribution in [0.25, 0.3) is 0 Å². The van der Waals surface area contributed by atoms with E-state index >= 15 is 0 Å². The van der Waals surface area contributed by atoms with Crippen LogP contribution in [0.1, 0.15) is 71.6 Å².